The van der Waals surface area contributed by atoms with Crippen molar-refractivity contribution in [2.45, 2.75) is 5.41 Å². The summed E-state index contributed by atoms with van der Waals surface area (Å²) in [5.41, 5.74) is 18.8. The lowest BCUT2D eigenvalue weighted by Gasteiger charge is -2.37. The van der Waals surface area contributed by atoms with Crippen molar-refractivity contribution in [1.82, 2.24) is 0 Å². The quantitative estimate of drug-likeness (QED) is 0.159. The van der Waals surface area contributed by atoms with Gasteiger partial charge in [0.15, 0.2) is 0 Å². The number of benzene rings is 10. The second-order valence-electron chi connectivity index (χ2n) is 16.0. The number of hydrogen-bond acceptors (Lipinski definition) is 2. The van der Waals surface area contributed by atoms with Crippen LogP contribution in [0.15, 0.2) is 243 Å². The Morgan fingerprint density at radius 1 is 0.295 bits per heavy atom. The summed E-state index contributed by atoms with van der Waals surface area (Å²) in [5.74, 6) is 0. The molecule has 0 amide bonds. The number of hydrogen-bond donors (Lipinski definition) is 0. The van der Waals surface area contributed by atoms with E-state index >= 15 is 0 Å². The molecule has 0 fully saturated rings. The van der Waals surface area contributed by atoms with Gasteiger partial charge in [-0.25, -0.2) is 0 Å². The molecule has 2 heteroatoms. The van der Waals surface area contributed by atoms with Crippen molar-refractivity contribution in [2.24, 2.45) is 0 Å². The van der Waals surface area contributed by atoms with Gasteiger partial charge in [-0.05, 0) is 111 Å². The van der Waals surface area contributed by atoms with E-state index in [4.69, 9.17) is 0 Å². The average molecular weight is 777 g/mol. The second-order valence-corrected chi connectivity index (χ2v) is 16.0. The van der Waals surface area contributed by atoms with Crippen molar-refractivity contribution in [3.05, 3.63) is 265 Å². The Balaban J connectivity index is 1.21. The molecule has 0 radical (unpaired) electrons. The summed E-state index contributed by atoms with van der Waals surface area (Å²) in [4.78, 5) is 4.95. The second kappa shape index (κ2) is 14.1. The molecule has 12 rings (SSSR count). The molecule has 2 aliphatic rings. The van der Waals surface area contributed by atoms with E-state index in [0.717, 1.165) is 28.4 Å². The van der Waals surface area contributed by atoms with Crippen LogP contribution >= 0.6 is 0 Å². The third-order valence-corrected chi connectivity index (χ3v) is 12.8. The summed E-state index contributed by atoms with van der Waals surface area (Å²) in [7, 11) is 0. The van der Waals surface area contributed by atoms with Gasteiger partial charge in [-0.3, -0.25) is 0 Å². The molecule has 0 aliphatic heterocycles. The Morgan fingerprint density at radius 2 is 0.770 bits per heavy atom. The lowest BCUT2D eigenvalue weighted by atomic mass is 9.69. The number of para-hydroxylation sites is 4. The van der Waals surface area contributed by atoms with Gasteiger partial charge in [0.1, 0.15) is 0 Å². The first-order chi connectivity index (χ1) is 30.3. The van der Waals surface area contributed by atoms with Crippen molar-refractivity contribution >= 4 is 44.9 Å². The van der Waals surface area contributed by atoms with Crippen LogP contribution in [0, 0.1) is 0 Å². The smallest absolute Gasteiger partial charge is 0.0747 e. The molecule has 10 aromatic carbocycles. The van der Waals surface area contributed by atoms with Gasteiger partial charge in [0.05, 0.1) is 16.8 Å². The zero-order chi connectivity index (χ0) is 40.3. The predicted molar refractivity (Wildman–Crippen MR) is 255 cm³/mol. The Kier molecular flexibility index (Phi) is 8.11. The van der Waals surface area contributed by atoms with E-state index in [9.17, 15) is 0 Å². The van der Waals surface area contributed by atoms with E-state index in [0.29, 0.717) is 0 Å². The zero-order valence-corrected chi connectivity index (χ0v) is 33.5. The summed E-state index contributed by atoms with van der Waals surface area (Å²) in [6, 6.07) is 89.1. The summed E-state index contributed by atoms with van der Waals surface area (Å²) in [6.45, 7) is 0. The average Bonchev–Trinajstić information content (AvgIpc) is 3.80. The fourth-order valence-electron chi connectivity index (χ4n) is 10.4. The molecule has 2 nitrogen and oxygen atoms in total. The highest BCUT2D eigenvalue weighted by molar-refractivity contribution is 6.10. The van der Waals surface area contributed by atoms with Gasteiger partial charge in [0.2, 0.25) is 0 Å². The van der Waals surface area contributed by atoms with Crippen LogP contribution in [0.3, 0.4) is 0 Å². The largest absolute Gasteiger partial charge is 0.310 e. The Labute approximate surface area is 356 Å². The van der Waals surface area contributed by atoms with Crippen LogP contribution in [0.25, 0.3) is 44.2 Å². The first kappa shape index (κ1) is 35.0. The van der Waals surface area contributed by atoms with Crippen molar-refractivity contribution in [3.63, 3.8) is 0 Å². The van der Waals surface area contributed by atoms with Gasteiger partial charge >= 0.3 is 0 Å². The minimum absolute atomic E-state index is 0.643. The summed E-state index contributed by atoms with van der Waals surface area (Å²) in [6.07, 6.45) is 0. The van der Waals surface area contributed by atoms with E-state index in [1.807, 2.05) is 0 Å². The van der Waals surface area contributed by atoms with Crippen LogP contribution in [0.5, 0.6) is 0 Å². The fourth-order valence-corrected chi connectivity index (χ4v) is 10.4. The molecular formula is C59H40N2. The maximum Gasteiger partial charge on any atom is 0.0747 e. The van der Waals surface area contributed by atoms with Gasteiger partial charge in [-0.15, -0.1) is 0 Å². The molecule has 1 spiro atoms. The minimum Gasteiger partial charge on any atom is -0.310 e. The Bertz CT molecular complexity index is 3210. The monoisotopic (exact) mass is 776 g/mol. The molecular weight excluding hydrogens is 737 g/mol. The van der Waals surface area contributed by atoms with Crippen LogP contribution < -0.4 is 9.80 Å². The van der Waals surface area contributed by atoms with Gasteiger partial charge in [-0.2, -0.15) is 0 Å². The standard InChI is InChI=1S/C59H40N2/c1-5-21-41(22-6-1)47-30-17-20-36-56(47)60(43-24-7-2-8-25-43)46-37-38-51-49-32-15-18-34-53(49)59(55(51)40-46)54-35-19-16-33-50(54)52-39-42-23-13-14-31-48(42)58(57(52)59)61(44-26-9-3-10-27-44)45-28-11-4-12-29-45/h1-40H. The van der Waals surface area contributed by atoms with E-state index in [2.05, 4.69) is 252 Å². The van der Waals surface area contributed by atoms with Crippen molar-refractivity contribution < 1.29 is 0 Å². The summed E-state index contributed by atoms with van der Waals surface area (Å²) in [5, 5.41) is 2.43. The van der Waals surface area contributed by atoms with E-state index in [1.165, 1.54) is 72.1 Å². The molecule has 286 valence electrons. The molecule has 1 unspecified atom stereocenters. The summed E-state index contributed by atoms with van der Waals surface area (Å²) < 4.78 is 0. The molecule has 10 aromatic rings. The van der Waals surface area contributed by atoms with Crippen LogP contribution in [0.2, 0.25) is 0 Å². The zero-order valence-electron chi connectivity index (χ0n) is 33.5. The first-order valence-electron chi connectivity index (χ1n) is 21.1. The van der Waals surface area contributed by atoms with E-state index in [1.54, 1.807) is 0 Å². The van der Waals surface area contributed by atoms with Gasteiger partial charge in [-0.1, -0.05) is 182 Å². The highest BCUT2D eigenvalue weighted by atomic mass is 15.2. The van der Waals surface area contributed by atoms with Crippen molar-refractivity contribution in [1.29, 1.82) is 0 Å². The van der Waals surface area contributed by atoms with Gasteiger partial charge in [0.25, 0.3) is 0 Å². The molecule has 0 N–H and O–H groups in total. The predicted octanol–water partition coefficient (Wildman–Crippen LogP) is 15.8. The highest BCUT2D eigenvalue weighted by Crippen LogP contribution is 2.67. The van der Waals surface area contributed by atoms with Crippen molar-refractivity contribution in [2.75, 3.05) is 9.80 Å². The molecule has 0 bridgehead atoms. The fraction of sp³-hybridized carbons (Fsp3) is 0.0169. The maximum absolute atomic E-state index is 2.51. The Hall–Kier alpha value is -7.94. The summed E-state index contributed by atoms with van der Waals surface area (Å²) >= 11 is 0. The number of nitrogens with zero attached hydrogens (tertiary/aromatic N) is 2. The molecule has 0 heterocycles. The van der Waals surface area contributed by atoms with E-state index < -0.39 is 5.41 Å². The lowest BCUT2D eigenvalue weighted by molar-refractivity contribution is 0.794. The molecule has 1 atom stereocenters. The maximum atomic E-state index is 2.51. The third kappa shape index (κ3) is 5.29. The lowest BCUT2D eigenvalue weighted by Crippen LogP contribution is -2.28. The SMILES string of the molecule is c1ccc(-c2ccccc2N(c2ccccc2)c2ccc3c(c2)C2(c4ccccc4-3)c3ccccc3-c3cc4ccccc4c(N(c4ccccc4)c4ccccc4)c32)cc1. The van der Waals surface area contributed by atoms with Crippen LogP contribution in [0.4, 0.5) is 34.1 Å². The number of fused-ring (bicyclic) bond motifs is 11. The van der Waals surface area contributed by atoms with Crippen molar-refractivity contribution in [3.8, 4) is 33.4 Å². The van der Waals surface area contributed by atoms with Crippen LogP contribution in [0.1, 0.15) is 22.3 Å². The van der Waals surface area contributed by atoms with Crippen LogP contribution in [-0.4, -0.2) is 0 Å². The Morgan fingerprint density at radius 3 is 1.41 bits per heavy atom. The van der Waals surface area contributed by atoms with Gasteiger partial charge < -0.3 is 9.80 Å². The normalized spacial score (nSPS) is 14.3. The van der Waals surface area contributed by atoms with E-state index in [-0.39, 0.29) is 0 Å². The first-order valence-corrected chi connectivity index (χ1v) is 21.1. The third-order valence-electron chi connectivity index (χ3n) is 12.8. The molecule has 61 heavy (non-hydrogen) atoms. The number of rotatable bonds is 7. The molecule has 0 aromatic heterocycles. The molecule has 0 saturated carbocycles. The minimum atomic E-state index is -0.643. The molecule has 0 saturated heterocycles. The highest BCUT2D eigenvalue weighted by Gasteiger charge is 2.54. The number of anilines is 6. The molecule has 2 aliphatic carbocycles. The van der Waals surface area contributed by atoms with Crippen LogP contribution in [-0.2, 0) is 5.41 Å². The topological polar surface area (TPSA) is 6.48 Å². The van der Waals surface area contributed by atoms with Gasteiger partial charge in [0, 0.05) is 39.3 Å².